The lowest BCUT2D eigenvalue weighted by Crippen LogP contribution is -2.30. The van der Waals surface area contributed by atoms with Crippen molar-refractivity contribution in [3.05, 3.63) is 58.6 Å². The highest BCUT2D eigenvalue weighted by Gasteiger charge is 2.16. The van der Waals surface area contributed by atoms with Gasteiger partial charge in [-0.25, -0.2) is 0 Å². The van der Waals surface area contributed by atoms with Crippen molar-refractivity contribution in [2.45, 2.75) is 20.0 Å². The third kappa shape index (κ3) is 4.57. The summed E-state index contributed by atoms with van der Waals surface area (Å²) in [4.78, 5) is 23.7. The van der Waals surface area contributed by atoms with Crippen molar-refractivity contribution in [3.63, 3.8) is 0 Å². The summed E-state index contributed by atoms with van der Waals surface area (Å²) in [5, 5.41) is 3.36. The first-order valence-corrected chi connectivity index (χ1v) is 7.85. The first-order valence-electron chi connectivity index (χ1n) is 7.47. The first-order chi connectivity index (χ1) is 11.4. The molecular weight excluding hydrogens is 328 g/mol. The maximum Gasteiger partial charge on any atom is 0.265 e. The number of carbonyl (C=O) groups is 2. The Hall–Kier alpha value is -2.37. The highest BCUT2D eigenvalue weighted by molar-refractivity contribution is 6.30. The van der Waals surface area contributed by atoms with Crippen LogP contribution in [0.5, 0.6) is 5.75 Å². The van der Waals surface area contributed by atoms with E-state index < -0.39 is 6.10 Å². The van der Waals surface area contributed by atoms with Crippen LogP contribution >= 0.6 is 11.6 Å². The molecule has 2 aromatic rings. The molecule has 1 unspecified atom stereocenters. The molecule has 126 valence electrons. The van der Waals surface area contributed by atoms with Gasteiger partial charge in [0.1, 0.15) is 5.75 Å². The van der Waals surface area contributed by atoms with Gasteiger partial charge >= 0.3 is 0 Å². The molecular formula is C18H19ClN2O3. The Balaban J connectivity index is 1.99. The Morgan fingerprint density at radius 1 is 1.21 bits per heavy atom. The number of nitrogens with two attached hydrogens (primary N) is 1. The molecule has 0 heterocycles. The van der Waals surface area contributed by atoms with Gasteiger partial charge in [-0.15, -0.1) is 0 Å². The van der Waals surface area contributed by atoms with Crippen molar-refractivity contribution in [1.29, 1.82) is 0 Å². The second kappa shape index (κ2) is 7.95. The van der Waals surface area contributed by atoms with E-state index >= 15 is 0 Å². The summed E-state index contributed by atoms with van der Waals surface area (Å²) >= 11 is 5.90. The molecule has 0 saturated carbocycles. The highest BCUT2D eigenvalue weighted by atomic mass is 35.5. The number of ether oxygens (including phenoxy) is 1. The van der Waals surface area contributed by atoms with Crippen LogP contribution in [-0.2, 0) is 4.79 Å². The zero-order valence-electron chi connectivity index (χ0n) is 13.5. The smallest absolute Gasteiger partial charge is 0.265 e. The van der Waals surface area contributed by atoms with Crippen LogP contribution in [0.1, 0.15) is 22.8 Å². The zero-order valence-corrected chi connectivity index (χ0v) is 14.3. The first kappa shape index (κ1) is 18.0. The summed E-state index contributed by atoms with van der Waals surface area (Å²) < 4.78 is 5.67. The van der Waals surface area contributed by atoms with E-state index in [1.165, 1.54) is 0 Å². The van der Waals surface area contributed by atoms with E-state index in [0.717, 1.165) is 5.56 Å². The molecule has 0 radical (unpaired) electrons. The van der Waals surface area contributed by atoms with E-state index in [1.807, 2.05) is 6.92 Å². The second-order valence-corrected chi connectivity index (χ2v) is 5.80. The van der Waals surface area contributed by atoms with Crippen LogP contribution in [0, 0.1) is 6.92 Å². The number of carbonyl (C=O) groups excluding carboxylic acids is 2. The number of hydrogen-bond acceptors (Lipinski definition) is 4. The third-order valence-corrected chi connectivity index (χ3v) is 3.70. The van der Waals surface area contributed by atoms with Gasteiger partial charge in [-0.05, 0) is 61.9 Å². The number of benzene rings is 2. The minimum atomic E-state index is -0.685. The number of aryl methyl sites for hydroxylation is 1. The largest absolute Gasteiger partial charge is 0.481 e. The fourth-order valence-electron chi connectivity index (χ4n) is 2.09. The highest BCUT2D eigenvalue weighted by Crippen LogP contribution is 2.23. The number of hydrogen-bond donors (Lipinski definition) is 2. The number of ketones is 1. The lowest BCUT2D eigenvalue weighted by Gasteiger charge is -2.16. The van der Waals surface area contributed by atoms with Crippen LogP contribution < -0.4 is 15.8 Å². The van der Waals surface area contributed by atoms with Crippen LogP contribution in [0.3, 0.4) is 0 Å². The maximum absolute atomic E-state index is 12.2. The SMILES string of the molecule is Cc1cc(Cl)ccc1OC(C)C(=O)Nc1ccc(C(=O)CN)cc1. The molecule has 1 amide bonds. The molecule has 0 bridgehead atoms. The summed E-state index contributed by atoms with van der Waals surface area (Å²) in [6, 6.07) is 11.8. The quantitative estimate of drug-likeness (QED) is 0.787. The maximum atomic E-state index is 12.2. The summed E-state index contributed by atoms with van der Waals surface area (Å²) in [5.74, 6) is 0.163. The standard InChI is InChI=1S/C18H19ClN2O3/c1-11-9-14(19)5-8-17(11)24-12(2)18(23)21-15-6-3-13(4-7-15)16(22)10-20/h3-9,12H,10,20H2,1-2H3,(H,21,23). The van der Waals surface area contributed by atoms with Gasteiger partial charge in [0, 0.05) is 16.3 Å². The van der Waals surface area contributed by atoms with Gasteiger partial charge in [-0.3, -0.25) is 9.59 Å². The van der Waals surface area contributed by atoms with Crippen molar-refractivity contribution >= 4 is 29.0 Å². The van der Waals surface area contributed by atoms with Crippen molar-refractivity contribution in [3.8, 4) is 5.75 Å². The number of anilines is 1. The van der Waals surface area contributed by atoms with E-state index in [4.69, 9.17) is 22.1 Å². The minimum Gasteiger partial charge on any atom is -0.481 e. The molecule has 0 aliphatic heterocycles. The Bertz CT molecular complexity index is 744. The van der Waals surface area contributed by atoms with E-state index in [9.17, 15) is 9.59 Å². The normalized spacial score (nSPS) is 11.7. The molecule has 1 atom stereocenters. The van der Waals surface area contributed by atoms with Gasteiger partial charge in [0.25, 0.3) is 5.91 Å². The van der Waals surface area contributed by atoms with Crippen LogP contribution in [0.15, 0.2) is 42.5 Å². The number of amides is 1. The van der Waals surface area contributed by atoms with E-state index in [1.54, 1.807) is 49.4 Å². The van der Waals surface area contributed by atoms with Gasteiger partial charge in [0.2, 0.25) is 0 Å². The molecule has 0 saturated heterocycles. The number of nitrogens with one attached hydrogen (secondary N) is 1. The monoisotopic (exact) mass is 346 g/mol. The number of rotatable bonds is 6. The summed E-state index contributed by atoms with van der Waals surface area (Å²) in [6.45, 7) is 3.48. The molecule has 0 spiro atoms. The van der Waals surface area contributed by atoms with Gasteiger partial charge in [-0.2, -0.15) is 0 Å². The molecule has 2 rings (SSSR count). The molecule has 0 aromatic heterocycles. The molecule has 0 aliphatic rings. The summed E-state index contributed by atoms with van der Waals surface area (Å²) in [6.07, 6.45) is -0.685. The minimum absolute atomic E-state index is 0.0446. The van der Waals surface area contributed by atoms with Crippen LogP contribution in [0.2, 0.25) is 5.02 Å². The fraction of sp³-hybridized carbons (Fsp3) is 0.222. The molecule has 5 nitrogen and oxygen atoms in total. The van der Waals surface area contributed by atoms with E-state index in [-0.39, 0.29) is 18.2 Å². The van der Waals surface area contributed by atoms with Crippen LogP contribution in [0.4, 0.5) is 5.69 Å². The fourth-order valence-corrected chi connectivity index (χ4v) is 2.32. The van der Waals surface area contributed by atoms with E-state index in [0.29, 0.717) is 22.0 Å². The summed E-state index contributed by atoms with van der Waals surface area (Å²) in [7, 11) is 0. The Morgan fingerprint density at radius 2 is 1.88 bits per heavy atom. The van der Waals surface area contributed by atoms with Gasteiger partial charge in [0.05, 0.1) is 6.54 Å². The molecule has 0 fully saturated rings. The van der Waals surface area contributed by atoms with E-state index in [2.05, 4.69) is 5.32 Å². The number of Topliss-reactive ketones (excluding diaryl/α,β-unsaturated/α-hetero) is 1. The van der Waals surface area contributed by atoms with Crippen LogP contribution in [0.25, 0.3) is 0 Å². The molecule has 0 aliphatic carbocycles. The molecule has 24 heavy (non-hydrogen) atoms. The van der Waals surface area contributed by atoms with Gasteiger partial charge < -0.3 is 15.8 Å². The van der Waals surface area contributed by atoms with Crippen molar-refractivity contribution in [1.82, 2.24) is 0 Å². The summed E-state index contributed by atoms with van der Waals surface area (Å²) in [5.41, 5.74) is 7.26. The predicted octanol–water partition coefficient (Wildman–Crippen LogP) is 3.20. The zero-order chi connectivity index (χ0) is 17.7. The van der Waals surface area contributed by atoms with Crippen molar-refractivity contribution < 1.29 is 14.3 Å². The Labute approximate surface area is 145 Å². The van der Waals surface area contributed by atoms with Crippen molar-refractivity contribution in [2.24, 2.45) is 5.73 Å². The second-order valence-electron chi connectivity index (χ2n) is 5.36. The lowest BCUT2D eigenvalue weighted by molar-refractivity contribution is -0.122. The lowest BCUT2D eigenvalue weighted by atomic mass is 10.1. The molecule has 2 aromatic carbocycles. The predicted molar refractivity (Wildman–Crippen MR) is 94.7 cm³/mol. The average molecular weight is 347 g/mol. The molecule has 3 N–H and O–H groups in total. The third-order valence-electron chi connectivity index (χ3n) is 3.47. The average Bonchev–Trinajstić information content (AvgIpc) is 2.57. The molecule has 6 heteroatoms. The Kier molecular flexibility index (Phi) is 5.95. The van der Waals surface area contributed by atoms with Crippen molar-refractivity contribution in [2.75, 3.05) is 11.9 Å². The topological polar surface area (TPSA) is 81.4 Å². The van der Waals surface area contributed by atoms with Gasteiger partial charge in [-0.1, -0.05) is 11.6 Å². The Morgan fingerprint density at radius 3 is 2.46 bits per heavy atom. The number of halogens is 1. The van der Waals surface area contributed by atoms with Crippen LogP contribution in [-0.4, -0.2) is 24.3 Å². The van der Waals surface area contributed by atoms with Gasteiger partial charge in [0.15, 0.2) is 11.9 Å².